The zero-order valence-electron chi connectivity index (χ0n) is 12.6. The summed E-state index contributed by atoms with van der Waals surface area (Å²) >= 11 is 6.13. The minimum Gasteiger partial charge on any atom is -0.504 e. The molecule has 0 radical (unpaired) electrons. The second kappa shape index (κ2) is 5.35. The number of phenolic OH excluding ortho intramolecular Hbond substituents is 1. The van der Waals surface area contributed by atoms with Crippen molar-refractivity contribution >= 4 is 23.1 Å². The Morgan fingerprint density at radius 3 is 2.96 bits per heavy atom. The lowest BCUT2D eigenvalue weighted by molar-refractivity contribution is 0.359. The third-order valence-corrected chi connectivity index (χ3v) is 4.45. The second-order valence-corrected chi connectivity index (χ2v) is 6.00. The minimum atomic E-state index is -0.0981. The fraction of sp³-hybridized carbons (Fsp3) is 0.235. The van der Waals surface area contributed by atoms with Crippen LogP contribution in [0.2, 0.25) is 5.02 Å². The van der Waals surface area contributed by atoms with Crippen LogP contribution in [0.15, 0.2) is 41.4 Å². The van der Waals surface area contributed by atoms with Crippen molar-refractivity contribution in [2.24, 2.45) is 4.99 Å². The molecule has 118 valence electrons. The van der Waals surface area contributed by atoms with Gasteiger partial charge in [-0.05, 0) is 35.9 Å². The van der Waals surface area contributed by atoms with E-state index in [-0.39, 0.29) is 11.9 Å². The maximum atomic E-state index is 10.1. The van der Waals surface area contributed by atoms with E-state index < -0.39 is 0 Å². The summed E-state index contributed by atoms with van der Waals surface area (Å²) in [5, 5.41) is 14.3. The summed E-state index contributed by atoms with van der Waals surface area (Å²) in [5.74, 6) is 1.56. The molecule has 6 heteroatoms. The van der Waals surface area contributed by atoms with Gasteiger partial charge in [0.15, 0.2) is 11.5 Å². The molecule has 0 aromatic heterocycles. The van der Waals surface area contributed by atoms with E-state index in [1.807, 2.05) is 24.3 Å². The van der Waals surface area contributed by atoms with E-state index in [0.717, 1.165) is 35.7 Å². The Labute approximate surface area is 139 Å². The number of phenols is 1. The van der Waals surface area contributed by atoms with Crippen LogP contribution in [-0.2, 0) is 0 Å². The molecule has 0 bridgehead atoms. The number of aromatic hydroxyl groups is 1. The zero-order valence-corrected chi connectivity index (χ0v) is 13.3. The highest BCUT2D eigenvalue weighted by Gasteiger charge is 2.34. The van der Waals surface area contributed by atoms with E-state index in [4.69, 9.17) is 16.3 Å². The normalized spacial score (nSPS) is 18.8. The Bertz CT molecular complexity index is 806. The summed E-state index contributed by atoms with van der Waals surface area (Å²) in [6.45, 7) is 1.60. The first kappa shape index (κ1) is 14.2. The summed E-state index contributed by atoms with van der Waals surface area (Å²) in [5.41, 5.74) is 2.96. The van der Waals surface area contributed by atoms with Gasteiger partial charge in [0.25, 0.3) is 0 Å². The zero-order chi connectivity index (χ0) is 16.0. The lowest BCUT2D eigenvalue weighted by Gasteiger charge is -2.37. The largest absolute Gasteiger partial charge is 0.504 e. The molecule has 0 amide bonds. The number of nitrogens with zero attached hydrogens (tertiary/aromatic N) is 2. The smallest absolute Gasteiger partial charge is 0.160 e. The summed E-state index contributed by atoms with van der Waals surface area (Å²) < 4.78 is 5.12. The number of amidine groups is 1. The molecule has 2 aliphatic rings. The molecule has 4 rings (SSSR count). The van der Waals surface area contributed by atoms with Crippen molar-refractivity contribution in [1.82, 2.24) is 4.90 Å². The minimum absolute atomic E-state index is 0.0981. The number of nitrogens with one attached hydrogen (secondary N) is 1. The number of halogens is 1. The maximum Gasteiger partial charge on any atom is 0.160 e. The molecule has 2 heterocycles. The van der Waals surface area contributed by atoms with Gasteiger partial charge in [0, 0.05) is 22.8 Å². The van der Waals surface area contributed by atoms with Crippen LogP contribution in [0.3, 0.4) is 0 Å². The van der Waals surface area contributed by atoms with Gasteiger partial charge in [-0.2, -0.15) is 0 Å². The van der Waals surface area contributed by atoms with Gasteiger partial charge < -0.3 is 20.1 Å². The molecule has 2 aromatic carbocycles. The van der Waals surface area contributed by atoms with Crippen LogP contribution >= 0.6 is 11.6 Å². The SMILES string of the molecule is COc1ccc([C@@H]2Nc3cc(Cl)ccc3C3=NCCN32)cc1O. The van der Waals surface area contributed by atoms with Gasteiger partial charge in [-0.25, -0.2) is 0 Å². The van der Waals surface area contributed by atoms with Crippen molar-refractivity contribution in [3.63, 3.8) is 0 Å². The van der Waals surface area contributed by atoms with Crippen molar-refractivity contribution in [2.75, 3.05) is 25.5 Å². The highest BCUT2D eigenvalue weighted by molar-refractivity contribution is 6.31. The average molecular weight is 330 g/mol. The number of benzene rings is 2. The molecule has 2 aliphatic heterocycles. The molecular weight excluding hydrogens is 314 g/mol. The molecule has 2 aromatic rings. The fourth-order valence-electron chi connectivity index (χ4n) is 3.15. The van der Waals surface area contributed by atoms with Crippen LogP contribution in [0.25, 0.3) is 0 Å². The Hall–Kier alpha value is -2.40. The number of methoxy groups -OCH3 is 1. The van der Waals surface area contributed by atoms with E-state index >= 15 is 0 Å². The molecule has 0 fully saturated rings. The predicted octanol–water partition coefficient (Wildman–Crippen LogP) is 3.24. The molecule has 2 N–H and O–H groups in total. The third kappa shape index (κ3) is 2.28. The Morgan fingerprint density at radius 1 is 1.30 bits per heavy atom. The van der Waals surface area contributed by atoms with Crippen LogP contribution in [0.1, 0.15) is 17.3 Å². The molecule has 1 atom stereocenters. The average Bonchev–Trinajstić information content (AvgIpc) is 3.03. The van der Waals surface area contributed by atoms with Gasteiger partial charge in [0.05, 0.1) is 13.7 Å². The number of ether oxygens (including phenoxy) is 1. The van der Waals surface area contributed by atoms with Crippen molar-refractivity contribution in [2.45, 2.75) is 6.17 Å². The third-order valence-electron chi connectivity index (χ3n) is 4.22. The molecule has 0 unspecified atom stereocenters. The highest BCUT2D eigenvalue weighted by Crippen LogP contribution is 2.38. The van der Waals surface area contributed by atoms with Gasteiger partial charge in [0.1, 0.15) is 12.0 Å². The number of hydrogen-bond donors (Lipinski definition) is 2. The first-order chi connectivity index (χ1) is 11.2. The van der Waals surface area contributed by atoms with E-state index in [0.29, 0.717) is 10.8 Å². The summed E-state index contributed by atoms with van der Waals surface area (Å²) in [6, 6.07) is 11.2. The lowest BCUT2D eigenvalue weighted by atomic mass is 10.0. The van der Waals surface area contributed by atoms with Gasteiger partial charge >= 0.3 is 0 Å². The van der Waals surface area contributed by atoms with Gasteiger partial charge in [-0.3, -0.25) is 4.99 Å². The molecule has 5 nitrogen and oxygen atoms in total. The maximum absolute atomic E-state index is 10.1. The van der Waals surface area contributed by atoms with E-state index in [2.05, 4.69) is 15.2 Å². The van der Waals surface area contributed by atoms with Crippen LogP contribution in [0, 0.1) is 0 Å². The van der Waals surface area contributed by atoms with Crippen molar-refractivity contribution in [3.05, 3.63) is 52.5 Å². The van der Waals surface area contributed by atoms with Crippen molar-refractivity contribution < 1.29 is 9.84 Å². The first-order valence-corrected chi connectivity index (χ1v) is 7.79. The standard InChI is InChI=1S/C17H16ClN3O2/c1-23-15-5-2-10(8-14(15)22)16-20-13-9-11(18)3-4-12(13)17-19-6-7-21(16)17/h2-5,8-9,16,20,22H,6-7H2,1H3/t16-/m1/s1. The number of fused-ring (bicyclic) bond motifs is 3. The molecule has 0 saturated heterocycles. The molecule has 23 heavy (non-hydrogen) atoms. The highest BCUT2D eigenvalue weighted by atomic mass is 35.5. The topological polar surface area (TPSA) is 57.1 Å². The Kier molecular flexibility index (Phi) is 3.31. The van der Waals surface area contributed by atoms with E-state index in [1.54, 1.807) is 12.1 Å². The number of anilines is 1. The van der Waals surface area contributed by atoms with Crippen LogP contribution in [0.5, 0.6) is 11.5 Å². The molecule has 0 saturated carbocycles. The van der Waals surface area contributed by atoms with Crippen LogP contribution in [-0.4, -0.2) is 36.0 Å². The number of rotatable bonds is 2. The van der Waals surface area contributed by atoms with Crippen LogP contribution in [0.4, 0.5) is 5.69 Å². The van der Waals surface area contributed by atoms with Crippen molar-refractivity contribution in [3.8, 4) is 11.5 Å². The first-order valence-electron chi connectivity index (χ1n) is 7.42. The summed E-state index contributed by atoms with van der Waals surface area (Å²) in [7, 11) is 1.54. The summed E-state index contributed by atoms with van der Waals surface area (Å²) in [6.07, 6.45) is -0.0981. The monoisotopic (exact) mass is 329 g/mol. The molecule has 0 aliphatic carbocycles. The summed E-state index contributed by atoms with van der Waals surface area (Å²) in [4.78, 5) is 6.84. The Balaban J connectivity index is 1.78. The Morgan fingerprint density at radius 2 is 2.17 bits per heavy atom. The van der Waals surface area contributed by atoms with Gasteiger partial charge in [-0.15, -0.1) is 0 Å². The second-order valence-electron chi connectivity index (χ2n) is 5.57. The van der Waals surface area contributed by atoms with Crippen molar-refractivity contribution in [1.29, 1.82) is 0 Å². The van der Waals surface area contributed by atoms with Gasteiger partial charge in [0.2, 0.25) is 0 Å². The fourth-order valence-corrected chi connectivity index (χ4v) is 3.32. The van der Waals surface area contributed by atoms with Crippen LogP contribution < -0.4 is 10.1 Å². The lowest BCUT2D eigenvalue weighted by Crippen LogP contribution is -2.41. The molecule has 0 spiro atoms. The number of aliphatic imine (C=N–C) groups is 1. The van der Waals surface area contributed by atoms with E-state index in [1.165, 1.54) is 7.11 Å². The van der Waals surface area contributed by atoms with Gasteiger partial charge in [-0.1, -0.05) is 17.7 Å². The number of hydrogen-bond acceptors (Lipinski definition) is 5. The van der Waals surface area contributed by atoms with E-state index in [9.17, 15) is 5.11 Å². The molecular formula is C17H16ClN3O2. The quantitative estimate of drug-likeness (QED) is 0.888. The predicted molar refractivity (Wildman–Crippen MR) is 90.6 cm³/mol.